The summed E-state index contributed by atoms with van der Waals surface area (Å²) in [4.78, 5) is 37.5. The molecule has 0 bridgehead atoms. The molecule has 3 amide bonds. The second-order valence-corrected chi connectivity index (χ2v) is 6.46. The molecule has 0 spiro atoms. The number of nitrogens with one attached hydrogen (secondary N) is 1. The lowest BCUT2D eigenvalue weighted by atomic mass is 9.96. The molecule has 0 aromatic heterocycles. The third-order valence-electron chi connectivity index (χ3n) is 4.89. The van der Waals surface area contributed by atoms with E-state index in [0.29, 0.717) is 25.4 Å². The van der Waals surface area contributed by atoms with Crippen molar-refractivity contribution in [3.8, 4) is 0 Å². The van der Waals surface area contributed by atoms with E-state index in [4.69, 9.17) is 0 Å². The van der Waals surface area contributed by atoms with Crippen molar-refractivity contribution < 1.29 is 14.4 Å². The molecule has 1 aromatic rings. The summed E-state index contributed by atoms with van der Waals surface area (Å²) in [5, 5.41) is 2.27. The number of fused-ring (bicyclic) bond motifs is 1. The number of piperidine rings is 1. The Kier molecular flexibility index (Phi) is 3.03. The summed E-state index contributed by atoms with van der Waals surface area (Å²) in [6, 6.07) is 6.29. The van der Waals surface area contributed by atoms with Gasteiger partial charge in [0.25, 0.3) is 0 Å². The first-order valence-electron chi connectivity index (χ1n) is 7.86. The zero-order chi connectivity index (χ0) is 15.3. The standard InChI is InChI=1S/C17H18N2O3/c20-15-7-6-13(16(21)18-15)17(22)19-8-11-2-1-3-12(10-4-5-10)14(11)9-19/h1-3,10,13H,4-9H2,(H,18,20,21). The van der Waals surface area contributed by atoms with Crippen LogP contribution < -0.4 is 5.32 Å². The highest BCUT2D eigenvalue weighted by molar-refractivity contribution is 6.08. The van der Waals surface area contributed by atoms with Gasteiger partial charge in [0.2, 0.25) is 17.7 Å². The Hall–Kier alpha value is -2.17. The number of hydrogen-bond acceptors (Lipinski definition) is 3. The fourth-order valence-corrected chi connectivity index (χ4v) is 3.53. The van der Waals surface area contributed by atoms with Crippen LogP contribution in [0.3, 0.4) is 0 Å². The molecule has 3 aliphatic rings. The van der Waals surface area contributed by atoms with Gasteiger partial charge in [-0.2, -0.15) is 0 Å². The molecule has 5 heteroatoms. The summed E-state index contributed by atoms with van der Waals surface area (Å²) in [7, 11) is 0. The zero-order valence-electron chi connectivity index (χ0n) is 12.3. The Balaban J connectivity index is 1.53. The Bertz CT molecular complexity index is 678. The lowest BCUT2D eigenvalue weighted by Gasteiger charge is -2.25. The number of rotatable bonds is 2. The number of imide groups is 1. The van der Waals surface area contributed by atoms with E-state index in [1.54, 1.807) is 4.90 Å². The van der Waals surface area contributed by atoms with Crippen molar-refractivity contribution in [3.05, 3.63) is 34.9 Å². The lowest BCUT2D eigenvalue weighted by Crippen LogP contribution is -2.47. The van der Waals surface area contributed by atoms with Crippen LogP contribution in [0.5, 0.6) is 0 Å². The van der Waals surface area contributed by atoms with Gasteiger partial charge in [-0.1, -0.05) is 18.2 Å². The largest absolute Gasteiger partial charge is 0.333 e. The summed E-state index contributed by atoms with van der Waals surface area (Å²) in [5.41, 5.74) is 3.84. The number of amides is 3. The molecule has 5 nitrogen and oxygen atoms in total. The molecule has 1 saturated carbocycles. The van der Waals surface area contributed by atoms with Crippen molar-refractivity contribution in [3.63, 3.8) is 0 Å². The van der Waals surface area contributed by atoms with Gasteiger partial charge in [0, 0.05) is 19.5 Å². The number of carbonyl (C=O) groups is 3. The summed E-state index contributed by atoms with van der Waals surface area (Å²) < 4.78 is 0. The maximum Gasteiger partial charge on any atom is 0.239 e. The van der Waals surface area contributed by atoms with Gasteiger partial charge in [-0.05, 0) is 41.9 Å². The maximum absolute atomic E-state index is 12.6. The van der Waals surface area contributed by atoms with Crippen LogP contribution in [-0.4, -0.2) is 22.6 Å². The molecular weight excluding hydrogens is 280 g/mol. The van der Waals surface area contributed by atoms with Crippen LogP contribution in [-0.2, 0) is 27.5 Å². The highest BCUT2D eigenvalue weighted by Gasteiger charge is 2.38. The van der Waals surface area contributed by atoms with Crippen molar-refractivity contribution in [1.29, 1.82) is 0 Å². The molecule has 1 unspecified atom stereocenters. The molecule has 0 radical (unpaired) electrons. The molecule has 22 heavy (non-hydrogen) atoms. The van der Waals surface area contributed by atoms with Crippen LogP contribution >= 0.6 is 0 Å². The Morgan fingerprint density at radius 1 is 1.14 bits per heavy atom. The second-order valence-electron chi connectivity index (χ2n) is 6.46. The van der Waals surface area contributed by atoms with E-state index in [9.17, 15) is 14.4 Å². The van der Waals surface area contributed by atoms with Crippen LogP contribution in [0.1, 0.15) is 48.3 Å². The minimum atomic E-state index is -0.712. The fraction of sp³-hybridized carbons (Fsp3) is 0.471. The van der Waals surface area contributed by atoms with Gasteiger partial charge in [0.1, 0.15) is 5.92 Å². The fourth-order valence-electron chi connectivity index (χ4n) is 3.53. The SMILES string of the molecule is O=C1CCC(C(=O)N2Cc3cccc(C4CC4)c3C2)C(=O)N1. The Morgan fingerprint density at radius 2 is 1.95 bits per heavy atom. The van der Waals surface area contributed by atoms with E-state index in [0.717, 1.165) is 0 Å². The highest BCUT2D eigenvalue weighted by Crippen LogP contribution is 2.44. The molecule has 2 heterocycles. The second kappa shape index (κ2) is 4.93. The summed E-state index contributed by atoms with van der Waals surface area (Å²) >= 11 is 0. The van der Waals surface area contributed by atoms with Gasteiger partial charge in [-0.3, -0.25) is 19.7 Å². The zero-order valence-corrected chi connectivity index (χ0v) is 12.3. The van der Waals surface area contributed by atoms with Gasteiger partial charge in [0.15, 0.2) is 0 Å². The average Bonchev–Trinajstić information content (AvgIpc) is 3.24. The van der Waals surface area contributed by atoms with E-state index in [1.165, 1.54) is 29.5 Å². The van der Waals surface area contributed by atoms with Crippen LogP contribution in [0.2, 0.25) is 0 Å². The molecule has 1 atom stereocenters. The van der Waals surface area contributed by atoms with Crippen molar-refractivity contribution in [2.75, 3.05) is 0 Å². The molecule has 2 aliphatic heterocycles. The molecule has 4 rings (SSSR count). The molecule has 114 valence electrons. The van der Waals surface area contributed by atoms with E-state index in [-0.39, 0.29) is 18.2 Å². The Morgan fingerprint density at radius 3 is 2.68 bits per heavy atom. The van der Waals surface area contributed by atoms with Gasteiger partial charge in [0.05, 0.1) is 0 Å². The maximum atomic E-state index is 12.6. The first-order valence-corrected chi connectivity index (χ1v) is 7.86. The topological polar surface area (TPSA) is 66.5 Å². The van der Waals surface area contributed by atoms with E-state index in [1.807, 2.05) is 0 Å². The quantitative estimate of drug-likeness (QED) is 0.664. The third-order valence-corrected chi connectivity index (χ3v) is 4.89. The number of hydrogen-bond donors (Lipinski definition) is 1. The van der Waals surface area contributed by atoms with E-state index >= 15 is 0 Å². The molecule has 1 aliphatic carbocycles. The van der Waals surface area contributed by atoms with E-state index < -0.39 is 11.8 Å². The third kappa shape index (κ3) is 2.21. The molecule has 1 N–H and O–H groups in total. The molecule has 2 fully saturated rings. The minimum absolute atomic E-state index is 0.150. The van der Waals surface area contributed by atoms with Gasteiger partial charge in [-0.15, -0.1) is 0 Å². The van der Waals surface area contributed by atoms with Gasteiger partial charge in [-0.25, -0.2) is 0 Å². The number of nitrogens with zero attached hydrogens (tertiary/aromatic N) is 1. The van der Waals surface area contributed by atoms with Crippen molar-refractivity contribution in [2.24, 2.45) is 5.92 Å². The van der Waals surface area contributed by atoms with Crippen LogP contribution in [0, 0.1) is 5.92 Å². The monoisotopic (exact) mass is 298 g/mol. The summed E-state index contributed by atoms with van der Waals surface area (Å²) in [6.07, 6.45) is 3.04. The molecule has 1 saturated heterocycles. The van der Waals surface area contributed by atoms with Crippen molar-refractivity contribution in [1.82, 2.24) is 10.2 Å². The number of benzene rings is 1. The smallest absolute Gasteiger partial charge is 0.239 e. The molecule has 1 aromatic carbocycles. The first kappa shape index (κ1) is 13.5. The predicted octanol–water partition coefficient (Wildman–Crippen LogP) is 1.46. The average molecular weight is 298 g/mol. The minimum Gasteiger partial charge on any atom is -0.333 e. The van der Waals surface area contributed by atoms with Crippen molar-refractivity contribution >= 4 is 17.7 Å². The number of carbonyl (C=O) groups excluding carboxylic acids is 3. The van der Waals surface area contributed by atoms with E-state index in [2.05, 4.69) is 23.5 Å². The van der Waals surface area contributed by atoms with Crippen molar-refractivity contribution in [2.45, 2.75) is 44.7 Å². The first-order chi connectivity index (χ1) is 10.6. The van der Waals surface area contributed by atoms with Crippen LogP contribution in [0.4, 0.5) is 0 Å². The van der Waals surface area contributed by atoms with Gasteiger partial charge >= 0.3 is 0 Å². The Labute approximate surface area is 128 Å². The lowest BCUT2D eigenvalue weighted by molar-refractivity contribution is -0.146. The van der Waals surface area contributed by atoms with Gasteiger partial charge < -0.3 is 4.90 Å². The predicted molar refractivity (Wildman–Crippen MR) is 78.5 cm³/mol. The molecular formula is C17H18N2O3. The normalized spacial score (nSPS) is 24.2. The highest BCUT2D eigenvalue weighted by atomic mass is 16.2. The van der Waals surface area contributed by atoms with Crippen LogP contribution in [0.25, 0.3) is 0 Å². The summed E-state index contributed by atoms with van der Waals surface area (Å²) in [6.45, 7) is 1.17. The summed E-state index contributed by atoms with van der Waals surface area (Å²) in [5.74, 6) is -0.936. The van der Waals surface area contributed by atoms with Crippen LogP contribution in [0.15, 0.2) is 18.2 Å².